The van der Waals surface area contributed by atoms with E-state index in [1.807, 2.05) is 0 Å². The van der Waals surface area contributed by atoms with Crippen LogP contribution < -0.4 is 4.74 Å². The van der Waals surface area contributed by atoms with Crippen LogP contribution in [0.2, 0.25) is 0 Å². The fraction of sp³-hybridized carbons (Fsp3) is 0.333. The lowest BCUT2D eigenvalue weighted by Gasteiger charge is -2.19. The largest absolute Gasteiger partial charge is 0.494 e. The third kappa shape index (κ3) is 2.76. The third-order valence-electron chi connectivity index (χ3n) is 3.99. The lowest BCUT2D eigenvalue weighted by molar-refractivity contribution is -0.140. The number of benzene rings is 1. The summed E-state index contributed by atoms with van der Waals surface area (Å²) in [5.41, 5.74) is 0.595. The molecule has 9 heteroatoms. The summed E-state index contributed by atoms with van der Waals surface area (Å²) in [4.78, 5) is 11.2. The first-order valence-electron chi connectivity index (χ1n) is 7.38. The Morgan fingerprint density at radius 3 is 2.83 bits per heavy atom. The van der Waals surface area contributed by atoms with Crippen LogP contribution in [0.25, 0.3) is 5.69 Å². The maximum absolute atomic E-state index is 12.7. The Labute approximate surface area is 139 Å². The summed E-state index contributed by atoms with van der Waals surface area (Å²) in [5, 5.41) is 13.3. The fourth-order valence-corrected chi connectivity index (χ4v) is 4.38. The monoisotopic (exact) mass is 351 g/mol. The number of para-hydroxylation sites is 2. The molecule has 1 aliphatic rings. The molecule has 0 saturated carbocycles. The van der Waals surface area contributed by atoms with Gasteiger partial charge in [0.1, 0.15) is 22.4 Å². The molecule has 2 aromatic rings. The van der Waals surface area contributed by atoms with Crippen molar-refractivity contribution in [3.05, 3.63) is 36.7 Å². The predicted molar refractivity (Wildman–Crippen MR) is 84.7 cm³/mol. The summed E-state index contributed by atoms with van der Waals surface area (Å²) in [6, 6.07) is 6.05. The van der Waals surface area contributed by atoms with Gasteiger partial charge in [0.2, 0.25) is 10.0 Å². The molecule has 0 unspecified atom stereocenters. The molecule has 1 aromatic heterocycles. The summed E-state index contributed by atoms with van der Waals surface area (Å²) >= 11 is 0. The van der Waals surface area contributed by atoms with Crippen molar-refractivity contribution in [1.82, 2.24) is 14.1 Å². The van der Waals surface area contributed by atoms with Crippen molar-refractivity contribution in [2.75, 3.05) is 13.7 Å². The Bertz CT molecular complexity index is 861. The van der Waals surface area contributed by atoms with Gasteiger partial charge < -0.3 is 9.84 Å². The second kappa shape index (κ2) is 6.25. The van der Waals surface area contributed by atoms with E-state index in [4.69, 9.17) is 4.74 Å². The van der Waals surface area contributed by atoms with Crippen LogP contribution in [-0.4, -0.2) is 53.3 Å². The zero-order chi connectivity index (χ0) is 17.3. The number of aromatic nitrogens is 2. The molecule has 0 aliphatic carbocycles. The van der Waals surface area contributed by atoms with Gasteiger partial charge in [-0.3, -0.25) is 4.79 Å². The standard InChI is InChI=1S/C15H17N3O5S/c1-23-14-7-3-2-5-12(14)17-10-11(9-16-17)24(21,22)18-8-4-6-13(18)15(19)20/h2-3,5,7,9-10,13H,4,6,8H2,1H3,(H,19,20)/t13-/m1/s1. The molecule has 1 saturated heterocycles. The van der Waals surface area contributed by atoms with E-state index in [1.54, 1.807) is 24.3 Å². The third-order valence-corrected chi connectivity index (χ3v) is 5.85. The maximum Gasteiger partial charge on any atom is 0.322 e. The van der Waals surface area contributed by atoms with E-state index in [9.17, 15) is 18.3 Å². The average molecular weight is 351 g/mol. The molecule has 3 rings (SSSR count). The fourth-order valence-electron chi connectivity index (χ4n) is 2.80. The SMILES string of the molecule is COc1ccccc1-n1cc(S(=O)(=O)N2CCC[C@@H]2C(=O)O)cn1. The van der Waals surface area contributed by atoms with E-state index in [1.165, 1.54) is 24.2 Å². The molecular weight excluding hydrogens is 334 g/mol. The number of aliphatic carboxylic acids is 1. The van der Waals surface area contributed by atoms with E-state index < -0.39 is 22.0 Å². The van der Waals surface area contributed by atoms with Crippen molar-refractivity contribution in [3.63, 3.8) is 0 Å². The minimum atomic E-state index is -3.91. The number of methoxy groups -OCH3 is 1. The van der Waals surface area contributed by atoms with Crippen LogP contribution in [0.3, 0.4) is 0 Å². The van der Waals surface area contributed by atoms with Crippen molar-refractivity contribution >= 4 is 16.0 Å². The Balaban J connectivity index is 1.97. The normalized spacial score (nSPS) is 18.6. The van der Waals surface area contributed by atoms with Crippen molar-refractivity contribution in [2.24, 2.45) is 0 Å². The van der Waals surface area contributed by atoms with Crippen molar-refractivity contribution in [2.45, 2.75) is 23.8 Å². The van der Waals surface area contributed by atoms with Gasteiger partial charge in [0.15, 0.2) is 0 Å². The van der Waals surface area contributed by atoms with Gasteiger partial charge in [-0.2, -0.15) is 9.40 Å². The molecule has 128 valence electrons. The van der Waals surface area contributed by atoms with Crippen LogP contribution in [-0.2, 0) is 14.8 Å². The quantitative estimate of drug-likeness (QED) is 0.866. The molecule has 1 aliphatic heterocycles. The van der Waals surface area contributed by atoms with Crippen molar-refractivity contribution in [3.8, 4) is 11.4 Å². The highest BCUT2D eigenvalue weighted by Gasteiger charge is 2.40. The molecular formula is C15H17N3O5S. The molecule has 1 aromatic carbocycles. The summed E-state index contributed by atoms with van der Waals surface area (Å²) in [7, 11) is -2.40. The maximum atomic E-state index is 12.7. The number of carbonyl (C=O) groups is 1. The molecule has 0 bridgehead atoms. The molecule has 8 nitrogen and oxygen atoms in total. The summed E-state index contributed by atoms with van der Waals surface area (Å²) < 4.78 is 33.1. The van der Waals surface area contributed by atoms with Gasteiger partial charge in [-0.25, -0.2) is 13.1 Å². The van der Waals surface area contributed by atoms with Gasteiger partial charge in [-0.15, -0.1) is 0 Å². The highest BCUT2D eigenvalue weighted by atomic mass is 32.2. The van der Waals surface area contributed by atoms with E-state index >= 15 is 0 Å². The Kier molecular flexibility index (Phi) is 4.29. The smallest absolute Gasteiger partial charge is 0.322 e. The van der Waals surface area contributed by atoms with E-state index in [0.717, 1.165) is 4.31 Å². The highest BCUT2D eigenvalue weighted by Crippen LogP contribution is 2.28. The number of hydrogen-bond acceptors (Lipinski definition) is 5. The number of rotatable bonds is 5. The summed E-state index contributed by atoms with van der Waals surface area (Å²) in [6.07, 6.45) is 3.43. The number of carboxylic acid groups (broad SMARTS) is 1. The molecule has 24 heavy (non-hydrogen) atoms. The first-order valence-corrected chi connectivity index (χ1v) is 8.82. The lowest BCUT2D eigenvalue weighted by Crippen LogP contribution is -2.40. The number of sulfonamides is 1. The molecule has 1 atom stereocenters. The van der Waals surface area contributed by atoms with Gasteiger partial charge in [-0.1, -0.05) is 12.1 Å². The van der Waals surface area contributed by atoms with Gasteiger partial charge in [0.05, 0.1) is 19.5 Å². The van der Waals surface area contributed by atoms with E-state index in [2.05, 4.69) is 5.10 Å². The molecule has 1 N–H and O–H groups in total. The zero-order valence-electron chi connectivity index (χ0n) is 13.0. The zero-order valence-corrected chi connectivity index (χ0v) is 13.8. The molecule has 0 spiro atoms. The highest BCUT2D eigenvalue weighted by molar-refractivity contribution is 7.89. The van der Waals surface area contributed by atoms with E-state index in [0.29, 0.717) is 24.3 Å². The molecule has 0 radical (unpaired) electrons. The van der Waals surface area contributed by atoms with Crippen LogP contribution in [0, 0.1) is 0 Å². The number of ether oxygens (including phenoxy) is 1. The van der Waals surface area contributed by atoms with Crippen molar-refractivity contribution in [1.29, 1.82) is 0 Å². The van der Waals surface area contributed by atoms with Crippen LogP contribution in [0.1, 0.15) is 12.8 Å². The Morgan fingerprint density at radius 2 is 2.12 bits per heavy atom. The van der Waals surface area contributed by atoms with Crippen LogP contribution >= 0.6 is 0 Å². The summed E-state index contributed by atoms with van der Waals surface area (Å²) in [5.74, 6) is -0.581. The first-order chi connectivity index (χ1) is 11.4. The molecule has 1 fully saturated rings. The van der Waals surface area contributed by atoms with Gasteiger partial charge >= 0.3 is 5.97 Å². The second-order valence-electron chi connectivity index (χ2n) is 5.40. The van der Waals surface area contributed by atoms with Crippen LogP contribution in [0.5, 0.6) is 5.75 Å². The first kappa shape index (κ1) is 16.5. The lowest BCUT2D eigenvalue weighted by atomic mass is 10.2. The molecule has 2 heterocycles. The van der Waals surface area contributed by atoms with Gasteiger partial charge in [0, 0.05) is 6.54 Å². The Morgan fingerprint density at radius 1 is 1.38 bits per heavy atom. The number of hydrogen-bond donors (Lipinski definition) is 1. The van der Waals surface area contributed by atoms with Gasteiger partial charge in [0.25, 0.3) is 0 Å². The second-order valence-corrected chi connectivity index (χ2v) is 7.30. The topological polar surface area (TPSA) is 102 Å². The van der Waals surface area contributed by atoms with Crippen LogP contribution in [0.4, 0.5) is 0 Å². The van der Waals surface area contributed by atoms with Crippen LogP contribution in [0.15, 0.2) is 41.6 Å². The number of carboxylic acids is 1. The minimum Gasteiger partial charge on any atom is -0.494 e. The average Bonchev–Trinajstić information content (AvgIpc) is 3.24. The molecule has 0 amide bonds. The summed E-state index contributed by atoms with van der Waals surface area (Å²) in [6.45, 7) is 0.194. The minimum absolute atomic E-state index is 0.0402. The predicted octanol–water partition coefficient (Wildman–Crippen LogP) is 1.12. The number of nitrogens with zero attached hydrogens (tertiary/aromatic N) is 3. The van der Waals surface area contributed by atoms with Gasteiger partial charge in [-0.05, 0) is 25.0 Å². The Hall–Kier alpha value is -2.39. The van der Waals surface area contributed by atoms with E-state index in [-0.39, 0.29) is 11.4 Å². The van der Waals surface area contributed by atoms with Crippen molar-refractivity contribution < 1.29 is 23.1 Å².